The van der Waals surface area contributed by atoms with E-state index < -0.39 is 11.6 Å². The van der Waals surface area contributed by atoms with Gasteiger partial charge >= 0.3 is 0 Å². The van der Waals surface area contributed by atoms with Crippen LogP contribution in [0.25, 0.3) is 22.2 Å². The van der Waals surface area contributed by atoms with Gasteiger partial charge in [0.25, 0.3) is 0 Å². The molecule has 2 aromatic carbocycles. The number of aryl methyl sites for hydroxylation is 1. The molecule has 142 valence electrons. The van der Waals surface area contributed by atoms with Crippen LogP contribution in [0, 0.1) is 18.6 Å². The van der Waals surface area contributed by atoms with Gasteiger partial charge in [-0.05, 0) is 43.1 Å². The zero-order chi connectivity index (χ0) is 19.7. The molecule has 0 saturated heterocycles. The molecule has 0 aliphatic heterocycles. The van der Waals surface area contributed by atoms with E-state index >= 15 is 0 Å². The van der Waals surface area contributed by atoms with Crippen molar-refractivity contribution < 1.29 is 13.2 Å². The molecule has 28 heavy (non-hydrogen) atoms. The van der Waals surface area contributed by atoms with Gasteiger partial charge in [0.05, 0.1) is 11.3 Å². The van der Waals surface area contributed by atoms with Crippen molar-refractivity contribution in [2.75, 3.05) is 7.05 Å². The van der Waals surface area contributed by atoms with Crippen LogP contribution in [-0.4, -0.2) is 21.9 Å². The van der Waals surface area contributed by atoms with Crippen LogP contribution in [0.1, 0.15) is 17.0 Å². The zero-order valence-electron chi connectivity index (χ0n) is 15.6. The van der Waals surface area contributed by atoms with E-state index in [4.69, 9.17) is 4.42 Å². The van der Waals surface area contributed by atoms with Gasteiger partial charge in [-0.1, -0.05) is 18.2 Å². The average Bonchev–Trinajstić information content (AvgIpc) is 3.02. The highest BCUT2D eigenvalue weighted by atomic mass is 19.1. The normalized spacial score (nSPS) is 11.5. The van der Waals surface area contributed by atoms with Crippen LogP contribution in [0.15, 0.2) is 59.3 Å². The van der Waals surface area contributed by atoms with Crippen LogP contribution in [0.4, 0.5) is 8.78 Å². The molecule has 0 saturated carbocycles. The summed E-state index contributed by atoms with van der Waals surface area (Å²) >= 11 is 0. The minimum atomic E-state index is -0.689. The first-order valence-electron chi connectivity index (χ1n) is 8.93. The maximum Gasteiger partial charge on any atom is 0.229 e. The molecule has 0 bridgehead atoms. The molecule has 2 heterocycles. The lowest BCUT2D eigenvalue weighted by atomic mass is 10.1. The largest absolute Gasteiger partial charge is 0.441 e. The second-order valence-corrected chi connectivity index (χ2v) is 6.83. The Hall–Kier alpha value is -3.12. The maximum absolute atomic E-state index is 14.0. The number of hydrogen-bond donors (Lipinski definition) is 0. The van der Waals surface area contributed by atoms with Crippen molar-refractivity contribution in [2.45, 2.75) is 20.0 Å². The molecular formula is C22H19F2N3O. The van der Waals surface area contributed by atoms with Crippen LogP contribution >= 0.6 is 0 Å². The molecule has 0 fully saturated rings. The Balaban J connectivity index is 1.55. The van der Waals surface area contributed by atoms with E-state index in [1.54, 1.807) is 13.1 Å². The predicted octanol–water partition coefficient (Wildman–Crippen LogP) is 5.11. The Labute approximate surface area is 161 Å². The Kier molecular flexibility index (Phi) is 4.88. The first kappa shape index (κ1) is 18.3. The minimum Gasteiger partial charge on any atom is -0.441 e. The second-order valence-electron chi connectivity index (χ2n) is 6.83. The number of hydrogen-bond acceptors (Lipinski definition) is 4. The lowest BCUT2D eigenvalue weighted by Gasteiger charge is -2.17. The van der Waals surface area contributed by atoms with Crippen LogP contribution in [0.2, 0.25) is 0 Å². The summed E-state index contributed by atoms with van der Waals surface area (Å²) in [5.41, 5.74) is 2.07. The topological polar surface area (TPSA) is 42.2 Å². The first-order valence-corrected chi connectivity index (χ1v) is 8.93. The van der Waals surface area contributed by atoms with Gasteiger partial charge < -0.3 is 4.42 Å². The molecule has 4 rings (SSSR count). The van der Waals surface area contributed by atoms with E-state index in [0.717, 1.165) is 22.5 Å². The monoisotopic (exact) mass is 379 g/mol. The smallest absolute Gasteiger partial charge is 0.229 e. The Morgan fingerprint density at radius 3 is 2.75 bits per heavy atom. The highest BCUT2D eigenvalue weighted by molar-refractivity contribution is 5.84. The van der Waals surface area contributed by atoms with Gasteiger partial charge in [0, 0.05) is 36.9 Å². The maximum atomic E-state index is 14.0. The van der Waals surface area contributed by atoms with E-state index in [0.29, 0.717) is 18.8 Å². The summed E-state index contributed by atoms with van der Waals surface area (Å²) < 4.78 is 32.8. The third kappa shape index (κ3) is 3.64. The second kappa shape index (κ2) is 7.48. The Morgan fingerprint density at radius 1 is 1.07 bits per heavy atom. The van der Waals surface area contributed by atoms with E-state index in [9.17, 15) is 8.78 Å². The van der Waals surface area contributed by atoms with Crippen molar-refractivity contribution in [3.8, 4) is 11.5 Å². The van der Waals surface area contributed by atoms with Crippen molar-refractivity contribution in [3.63, 3.8) is 0 Å². The van der Waals surface area contributed by atoms with Crippen LogP contribution in [0.3, 0.4) is 0 Å². The number of halogens is 2. The standard InChI is InChI=1S/C22H19F2N3O/c1-14-21(26-22(28-14)19-7-6-17(23)10-20(19)24)13-27(2)12-16-5-3-4-15-11-25-9-8-18(15)16/h3-11H,12-13H2,1-2H3. The fourth-order valence-corrected chi connectivity index (χ4v) is 3.28. The fraction of sp³-hybridized carbons (Fsp3) is 0.182. The number of benzene rings is 2. The number of aromatic nitrogens is 2. The number of nitrogens with zero attached hydrogens (tertiary/aromatic N) is 3. The molecule has 0 radical (unpaired) electrons. The van der Waals surface area contributed by atoms with Crippen LogP contribution < -0.4 is 0 Å². The van der Waals surface area contributed by atoms with Crippen LogP contribution in [-0.2, 0) is 13.1 Å². The van der Waals surface area contributed by atoms with E-state index in [1.807, 2.05) is 31.4 Å². The molecule has 0 atom stereocenters. The van der Waals surface area contributed by atoms with Crippen molar-refractivity contribution in [3.05, 3.63) is 83.5 Å². The quantitative estimate of drug-likeness (QED) is 0.483. The molecule has 4 nitrogen and oxygen atoms in total. The van der Waals surface area contributed by atoms with Gasteiger partial charge in [-0.15, -0.1) is 0 Å². The minimum absolute atomic E-state index is 0.153. The zero-order valence-corrected chi connectivity index (χ0v) is 15.6. The highest BCUT2D eigenvalue weighted by Gasteiger charge is 2.17. The number of pyridine rings is 1. The molecule has 0 spiro atoms. The van der Waals surface area contributed by atoms with Gasteiger partial charge in [0.1, 0.15) is 17.4 Å². The molecule has 0 N–H and O–H groups in total. The Morgan fingerprint density at radius 2 is 1.93 bits per heavy atom. The summed E-state index contributed by atoms with van der Waals surface area (Å²) in [5, 5.41) is 2.26. The SMILES string of the molecule is Cc1oc(-c2ccc(F)cc2F)nc1CN(C)Cc1cccc2cnccc12. The highest BCUT2D eigenvalue weighted by Crippen LogP contribution is 2.26. The predicted molar refractivity (Wildman–Crippen MR) is 104 cm³/mol. The number of fused-ring (bicyclic) bond motifs is 1. The molecule has 4 aromatic rings. The number of rotatable bonds is 5. The summed E-state index contributed by atoms with van der Waals surface area (Å²) in [7, 11) is 1.99. The molecule has 0 aliphatic carbocycles. The van der Waals surface area contributed by atoms with Crippen molar-refractivity contribution >= 4 is 10.8 Å². The summed E-state index contributed by atoms with van der Waals surface area (Å²) in [5.74, 6) is -0.539. The van der Waals surface area contributed by atoms with Gasteiger partial charge in [0.2, 0.25) is 5.89 Å². The molecule has 6 heteroatoms. The lowest BCUT2D eigenvalue weighted by Crippen LogP contribution is -2.18. The summed E-state index contributed by atoms with van der Waals surface area (Å²) in [4.78, 5) is 10.7. The third-order valence-corrected chi connectivity index (χ3v) is 4.69. The fourth-order valence-electron chi connectivity index (χ4n) is 3.28. The Bertz CT molecular complexity index is 1130. The van der Waals surface area contributed by atoms with Gasteiger partial charge in [-0.2, -0.15) is 0 Å². The summed E-state index contributed by atoms with van der Waals surface area (Å²) in [6.45, 7) is 3.05. The molecule has 0 aliphatic rings. The lowest BCUT2D eigenvalue weighted by molar-refractivity contribution is 0.314. The first-order chi connectivity index (χ1) is 13.5. The molecule has 0 amide bonds. The average molecular weight is 379 g/mol. The van der Waals surface area contributed by atoms with Crippen molar-refractivity contribution in [1.82, 2.24) is 14.9 Å². The van der Waals surface area contributed by atoms with Gasteiger partial charge in [-0.25, -0.2) is 13.8 Å². The van der Waals surface area contributed by atoms with Gasteiger partial charge in [-0.3, -0.25) is 9.88 Å². The van der Waals surface area contributed by atoms with E-state index in [2.05, 4.69) is 20.9 Å². The van der Waals surface area contributed by atoms with Crippen molar-refractivity contribution in [1.29, 1.82) is 0 Å². The molecule has 0 unspecified atom stereocenters. The van der Waals surface area contributed by atoms with Crippen LogP contribution in [0.5, 0.6) is 0 Å². The van der Waals surface area contributed by atoms with Gasteiger partial charge in [0.15, 0.2) is 0 Å². The number of oxazole rings is 1. The van der Waals surface area contributed by atoms with E-state index in [-0.39, 0.29) is 11.5 Å². The van der Waals surface area contributed by atoms with E-state index in [1.165, 1.54) is 17.7 Å². The summed E-state index contributed by atoms with van der Waals surface area (Å²) in [6.07, 6.45) is 3.64. The summed E-state index contributed by atoms with van der Waals surface area (Å²) in [6, 6.07) is 11.5. The third-order valence-electron chi connectivity index (χ3n) is 4.69. The molecular weight excluding hydrogens is 360 g/mol. The van der Waals surface area contributed by atoms with Crippen molar-refractivity contribution in [2.24, 2.45) is 0 Å². The molecule has 2 aromatic heterocycles.